The number of nitrogens with zero attached hydrogens (tertiary/aromatic N) is 2. The molecule has 0 radical (unpaired) electrons. The topological polar surface area (TPSA) is 95.7 Å². The molecule has 1 atom stereocenters. The smallest absolute Gasteiger partial charge is 0.261 e. The molecule has 1 amide bonds. The van der Waals surface area contributed by atoms with Gasteiger partial charge in [0.15, 0.2) is 17.6 Å². The van der Waals surface area contributed by atoms with Gasteiger partial charge in [-0.3, -0.25) is 4.79 Å². The van der Waals surface area contributed by atoms with Gasteiger partial charge in [-0.25, -0.2) is 0 Å². The van der Waals surface area contributed by atoms with Gasteiger partial charge in [0, 0.05) is 11.6 Å². The maximum atomic E-state index is 12.2. The molecule has 0 saturated heterocycles. The van der Waals surface area contributed by atoms with Crippen LogP contribution in [0.3, 0.4) is 0 Å². The maximum absolute atomic E-state index is 12.2. The first kappa shape index (κ1) is 16.9. The Bertz CT molecular complexity index is 942. The van der Waals surface area contributed by atoms with Gasteiger partial charge in [-0.15, -0.1) is 10.2 Å². The van der Waals surface area contributed by atoms with Crippen LogP contribution in [0.5, 0.6) is 17.2 Å². The standard InChI is InChI=1S/C19H17N3O5/c1-12(26-14-7-8-15-16(9-14)25-11-24-15)18(23)20-10-17-21-22-19(27-17)13-5-3-2-4-6-13/h2-9,12H,10-11H2,1H3,(H,20,23)/t12-/m1/s1. The van der Waals surface area contributed by atoms with Crippen LogP contribution in [0, 0.1) is 0 Å². The number of fused-ring (bicyclic) bond motifs is 1. The summed E-state index contributed by atoms with van der Waals surface area (Å²) >= 11 is 0. The Morgan fingerprint density at radius 1 is 1.15 bits per heavy atom. The minimum absolute atomic E-state index is 0.119. The van der Waals surface area contributed by atoms with Gasteiger partial charge in [-0.05, 0) is 31.2 Å². The zero-order valence-corrected chi connectivity index (χ0v) is 14.5. The lowest BCUT2D eigenvalue weighted by Gasteiger charge is -2.14. The molecule has 1 N–H and O–H groups in total. The van der Waals surface area contributed by atoms with Crippen molar-refractivity contribution in [1.82, 2.24) is 15.5 Å². The lowest BCUT2D eigenvalue weighted by Crippen LogP contribution is -2.36. The van der Waals surface area contributed by atoms with Gasteiger partial charge in [0.2, 0.25) is 18.6 Å². The average molecular weight is 367 g/mol. The first-order chi connectivity index (χ1) is 13.2. The lowest BCUT2D eigenvalue weighted by atomic mass is 10.2. The maximum Gasteiger partial charge on any atom is 0.261 e. The first-order valence-corrected chi connectivity index (χ1v) is 8.41. The molecule has 1 aromatic heterocycles. The molecule has 2 heterocycles. The number of ether oxygens (including phenoxy) is 3. The van der Waals surface area contributed by atoms with Crippen LogP contribution in [0.4, 0.5) is 0 Å². The van der Waals surface area contributed by atoms with Gasteiger partial charge >= 0.3 is 0 Å². The molecule has 2 aromatic carbocycles. The highest BCUT2D eigenvalue weighted by Crippen LogP contribution is 2.35. The Balaban J connectivity index is 1.32. The number of hydrogen-bond acceptors (Lipinski definition) is 7. The molecule has 27 heavy (non-hydrogen) atoms. The van der Waals surface area contributed by atoms with E-state index in [1.807, 2.05) is 30.3 Å². The van der Waals surface area contributed by atoms with E-state index in [-0.39, 0.29) is 19.2 Å². The van der Waals surface area contributed by atoms with Gasteiger partial charge in [0.25, 0.3) is 5.91 Å². The predicted octanol–water partition coefficient (Wildman–Crippen LogP) is 2.55. The van der Waals surface area contributed by atoms with Gasteiger partial charge in [0.05, 0.1) is 6.54 Å². The number of carbonyl (C=O) groups is 1. The van der Waals surface area contributed by atoms with Crippen molar-refractivity contribution >= 4 is 5.91 Å². The summed E-state index contributed by atoms with van der Waals surface area (Å²) in [6.07, 6.45) is -0.707. The van der Waals surface area contributed by atoms with Crippen molar-refractivity contribution in [3.8, 4) is 28.7 Å². The molecule has 0 bridgehead atoms. The number of carbonyl (C=O) groups excluding carboxylic acids is 1. The third kappa shape index (κ3) is 3.84. The van der Waals surface area contributed by atoms with Crippen LogP contribution < -0.4 is 19.5 Å². The quantitative estimate of drug-likeness (QED) is 0.715. The van der Waals surface area contributed by atoms with E-state index in [9.17, 15) is 4.79 Å². The average Bonchev–Trinajstić information content (AvgIpc) is 3.35. The fourth-order valence-corrected chi connectivity index (χ4v) is 2.54. The summed E-state index contributed by atoms with van der Waals surface area (Å²) in [5, 5.41) is 10.6. The molecule has 8 nitrogen and oxygen atoms in total. The molecular formula is C19H17N3O5. The highest BCUT2D eigenvalue weighted by atomic mass is 16.7. The molecule has 0 aliphatic carbocycles. The Morgan fingerprint density at radius 2 is 1.96 bits per heavy atom. The largest absolute Gasteiger partial charge is 0.481 e. The molecule has 0 spiro atoms. The summed E-state index contributed by atoms with van der Waals surface area (Å²) in [7, 11) is 0. The van der Waals surface area contributed by atoms with E-state index in [4.69, 9.17) is 18.6 Å². The monoisotopic (exact) mass is 367 g/mol. The second-order valence-corrected chi connectivity index (χ2v) is 5.86. The second kappa shape index (κ2) is 7.36. The first-order valence-electron chi connectivity index (χ1n) is 8.41. The van der Waals surface area contributed by atoms with Crippen molar-refractivity contribution in [3.05, 3.63) is 54.4 Å². The number of nitrogens with one attached hydrogen (secondary N) is 1. The van der Waals surface area contributed by atoms with E-state index in [0.717, 1.165) is 5.56 Å². The van der Waals surface area contributed by atoms with Crippen LogP contribution in [0.1, 0.15) is 12.8 Å². The summed E-state index contributed by atoms with van der Waals surface area (Å²) in [5.74, 6) is 2.20. The zero-order chi connectivity index (χ0) is 18.6. The van der Waals surface area contributed by atoms with E-state index in [1.54, 1.807) is 25.1 Å². The Kier molecular flexibility index (Phi) is 4.61. The Labute approximate surface area is 155 Å². The zero-order valence-electron chi connectivity index (χ0n) is 14.5. The summed E-state index contributed by atoms with van der Waals surface area (Å²) in [6, 6.07) is 14.6. The van der Waals surface area contributed by atoms with Crippen molar-refractivity contribution in [2.24, 2.45) is 0 Å². The van der Waals surface area contributed by atoms with Crippen molar-refractivity contribution < 1.29 is 23.4 Å². The van der Waals surface area contributed by atoms with Crippen LogP contribution in [0.25, 0.3) is 11.5 Å². The van der Waals surface area contributed by atoms with Crippen LogP contribution in [0.2, 0.25) is 0 Å². The minimum atomic E-state index is -0.707. The van der Waals surface area contributed by atoms with Crippen LogP contribution >= 0.6 is 0 Å². The summed E-state index contributed by atoms with van der Waals surface area (Å²) in [6.45, 7) is 1.96. The van der Waals surface area contributed by atoms with Crippen molar-refractivity contribution in [3.63, 3.8) is 0 Å². The number of aromatic nitrogens is 2. The summed E-state index contributed by atoms with van der Waals surface area (Å²) in [4.78, 5) is 12.2. The number of amides is 1. The van der Waals surface area contributed by atoms with E-state index in [2.05, 4.69) is 15.5 Å². The Morgan fingerprint density at radius 3 is 2.81 bits per heavy atom. The Hall–Kier alpha value is -3.55. The van der Waals surface area contributed by atoms with Gasteiger partial charge < -0.3 is 23.9 Å². The van der Waals surface area contributed by atoms with Gasteiger partial charge in [-0.1, -0.05) is 18.2 Å². The third-order valence-electron chi connectivity index (χ3n) is 3.93. The third-order valence-corrected chi connectivity index (χ3v) is 3.93. The second-order valence-electron chi connectivity index (χ2n) is 5.86. The van der Waals surface area contributed by atoms with Gasteiger partial charge in [0.1, 0.15) is 5.75 Å². The van der Waals surface area contributed by atoms with E-state index < -0.39 is 6.10 Å². The molecule has 8 heteroatoms. The molecule has 0 fully saturated rings. The molecule has 1 aliphatic rings. The van der Waals surface area contributed by atoms with Crippen molar-refractivity contribution in [2.45, 2.75) is 19.6 Å². The molecule has 0 saturated carbocycles. The highest BCUT2D eigenvalue weighted by molar-refractivity contribution is 5.80. The van der Waals surface area contributed by atoms with E-state index in [1.165, 1.54) is 0 Å². The molecule has 138 valence electrons. The van der Waals surface area contributed by atoms with Gasteiger partial charge in [-0.2, -0.15) is 0 Å². The SMILES string of the molecule is C[C@@H](Oc1ccc2c(c1)OCO2)C(=O)NCc1nnc(-c2ccccc2)o1. The lowest BCUT2D eigenvalue weighted by molar-refractivity contribution is -0.127. The van der Waals surface area contributed by atoms with E-state index in [0.29, 0.717) is 29.0 Å². The van der Waals surface area contributed by atoms with Crippen LogP contribution in [-0.4, -0.2) is 29.0 Å². The molecule has 3 aromatic rings. The van der Waals surface area contributed by atoms with Crippen molar-refractivity contribution in [1.29, 1.82) is 0 Å². The number of hydrogen-bond donors (Lipinski definition) is 1. The number of benzene rings is 2. The molecule has 0 unspecified atom stereocenters. The summed E-state index contributed by atoms with van der Waals surface area (Å²) < 4.78 is 21.8. The highest BCUT2D eigenvalue weighted by Gasteiger charge is 2.19. The molecule has 1 aliphatic heterocycles. The normalized spacial score (nSPS) is 13.2. The predicted molar refractivity (Wildman–Crippen MR) is 94.2 cm³/mol. The number of rotatable bonds is 6. The fourth-order valence-electron chi connectivity index (χ4n) is 2.54. The minimum Gasteiger partial charge on any atom is -0.481 e. The summed E-state index contributed by atoms with van der Waals surface area (Å²) in [5.41, 5.74) is 0.821. The van der Waals surface area contributed by atoms with E-state index >= 15 is 0 Å². The fraction of sp³-hybridized carbons (Fsp3) is 0.211. The van der Waals surface area contributed by atoms with Crippen LogP contribution in [-0.2, 0) is 11.3 Å². The van der Waals surface area contributed by atoms with Crippen molar-refractivity contribution in [2.75, 3.05) is 6.79 Å². The molecular weight excluding hydrogens is 350 g/mol. The molecule has 4 rings (SSSR count). The van der Waals surface area contributed by atoms with Crippen LogP contribution in [0.15, 0.2) is 52.9 Å².